The van der Waals surface area contributed by atoms with Crippen LogP contribution >= 0.6 is 0 Å². The summed E-state index contributed by atoms with van der Waals surface area (Å²) in [5, 5.41) is 9.24. The van der Waals surface area contributed by atoms with E-state index < -0.39 is 11.9 Å². The van der Waals surface area contributed by atoms with E-state index in [4.69, 9.17) is 4.74 Å². The second kappa shape index (κ2) is 6.25. The molecular weight excluding hydrogens is 218 g/mol. The van der Waals surface area contributed by atoms with Crippen LogP contribution in [0.15, 0.2) is 24.3 Å². The molecule has 1 unspecified atom stereocenters. The second-order valence-electron chi connectivity index (χ2n) is 4.26. The summed E-state index contributed by atoms with van der Waals surface area (Å²) < 4.78 is 5.11. The fourth-order valence-corrected chi connectivity index (χ4v) is 1.68. The Balaban J connectivity index is 2.85. The van der Waals surface area contributed by atoms with Crippen LogP contribution in [0.5, 0.6) is 5.75 Å². The molecule has 0 heterocycles. The Morgan fingerprint density at radius 2 is 2.18 bits per heavy atom. The number of methoxy groups -OCH3 is 1. The number of carbonyl (C=O) groups is 1. The molecule has 94 valence electrons. The lowest BCUT2D eigenvalue weighted by molar-refractivity contribution is -0.139. The summed E-state index contributed by atoms with van der Waals surface area (Å²) in [5.74, 6) is -0.578. The molecule has 0 saturated heterocycles. The summed E-state index contributed by atoms with van der Waals surface area (Å²) in [6.45, 7) is 0.744. The quantitative estimate of drug-likeness (QED) is 0.820. The molecule has 0 aliphatic carbocycles. The molecule has 0 spiro atoms. The fourth-order valence-electron chi connectivity index (χ4n) is 1.68. The zero-order valence-electron chi connectivity index (χ0n) is 10.5. The van der Waals surface area contributed by atoms with Crippen molar-refractivity contribution in [3.05, 3.63) is 29.8 Å². The maximum Gasteiger partial charge on any atom is 0.311 e. The number of aliphatic carboxylic acids is 1. The highest BCUT2D eigenvalue weighted by molar-refractivity contribution is 5.76. The monoisotopic (exact) mass is 237 g/mol. The van der Waals surface area contributed by atoms with E-state index in [2.05, 4.69) is 0 Å². The van der Waals surface area contributed by atoms with E-state index >= 15 is 0 Å². The van der Waals surface area contributed by atoms with Gasteiger partial charge in [0.05, 0.1) is 13.0 Å². The van der Waals surface area contributed by atoms with Crippen LogP contribution in [0.25, 0.3) is 0 Å². The van der Waals surface area contributed by atoms with Crippen molar-refractivity contribution in [3.63, 3.8) is 0 Å². The highest BCUT2D eigenvalue weighted by atomic mass is 16.5. The van der Waals surface area contributed by atoms with Gasteiger partial charge in [0.2, 0.25) is 0 Å². The normalized spacial score (nSPS) is 12.5. The number of benzene rings is 1. The summed E-state index contributed by atoms with van der Waals surface area (Å²) in [6, 6.07) is 7.25. The van der Waals surface area contributed by atoms with E-state index in [0.29, 0.717) is 12.2 Å². The molecule has 0 aliphatic rings. The van der Waals surface area contributed by atoms with Crippen LogP contribution in [0.1, 0.15) is 17.9 Å². The lowest BCUT2D eigenvalue weighted by atomic mass is 9.95. The zero-order chi connectivity index (χ0) is 12.8. The smallest absolute Gasteiger partial charge is 0.311 e. The lowest BCUT2D eigenvalue weighted by Gasteiger charge is -2.16. The molecule has 0 aromatic heterocycles. The molecular formula is C13H19NO3. The number of carboxylic acid groups (broad SMARTS) is 1. The van der Waals surface area contributed by atoms with Crippen molar-refractivity contribution in [3.8, 4) is 5.75 Å². The van der Waals surface area contributed by atoms with E-state index in [1.807, 2.05) is 37.2 Å². The Bertz CT molecular complexity index is 377. The fraction of sp³-hybridized carbons (Fsp3) is 0.462. The molecule has 1 aromatic rings. The standard InChI is InChI=1S/C13H19NO3/c1-14(2)8-7-12(13(15)16)10-5-4-6-11(9-10)17-3/h4-6,9,12H,7-8H2,1-3H3,(H,15,16). The molecule has 0 bridgehead atoms. The molecule has 4 nitrogen and oxygen atoms in total. The summed E-state index contributed by atoms with van der Waals surface area (Å²) in [7, 11) is 5.45. The number of nitrogens with zero attached hydrogens (tertiary/aromatic N) is 1. The van der Waals surface area contributed by atoms with Gasteiger partial charge >= 0.3 is 5.97 Å². The first-order valence-electron chi connectivity index (χ1n) is 5.56. The highest BCUT2D eigenvalue weighted by Crippen LogP contribution is 2.24. The largest absolute Gasteiger partial charge is 0.497 e. The number of carboxylic acids is 1. The molecule has 1 rings (SSSR count). The van der Waals surface area contributed by atoms with E-state index in [1.54, 1.807) is 13.2 Å². The molecule has 1 atom stereocenters. The van der Waals surface area contributed by atoms with Crippen molar-refractivity contribution < 1.29 is 14.6 Å². The summed E-state index contributed by atoms with van der Waals surface area (Å²) in [5.41, 5.74) is 0.790. The van der Waals surface area contributed by atoms with Crippen LogP contribution in [-0.4, -0.2) is 43.7 Å². The average Bonchev–Trinajstić information content (AvgIpc) is 2.28. The Labute approximate surface area is 102 Å². The predicted molar refractivity (Wildman–Crippen MR) is 66.5 cm³/mol. The Morgan fingerprint density at radius 3 is 2.71 bits per heavy atom. The van der Waals surface area contributed by atoms with Gasteiger partial charge in [-0.15, -0.1) is 0 Å². The Hall–Kier alpha value is -1.55. The Morgan fingerprint density at radius 1 is 1.47 bits per heavy atom. The first-order chi connectivity index (χ1) is 8.04. The summed E-state index contributed by atoms with van der Waals surface area (Å²) in [4.78, 5) is 13.2. The van der Waals surface area contributed by atoms with Gasteiger partial charge in [-0.2, -0.15) is 0 Å². The number of hydrogen-bond donors (Lipinski definition) is 1. The topological polar surface area (TPSA) is 49.8 Å². The van der Waals surface area contributed by atoms with Crippen LogP contribution in [0.3, 0.4) is 0 Å². The molecule has 0 saturated carbocycles. The van der Waals surface area contributed by atoms with Crippen LogP contribution in [0.2, 0.25) is 0 Å². The third-order valence-corrected chi connectivity index (χ3v) is 2.66. The minimum absolute atomic E-state index is 0.479. The van der Waals surface area contributed by atoms with Gasteiger partial charge in [0.15, 0.2) is 0 Å². The highest BCUT2D eigenvalue weighted by Gasteiger charge is 2.20. The van der Waals surface area contributed by atoms with Crippen LogP contribution in [-0.2, 0) is 4.79 Å². The van der Waals surface area contributed by atoms with Crippen LogP contribution < -0.4 is 4.74 Å². The third-order valence-electron chi connectivity index (χ3n) is 2.66. The van der Waals surface area contributed by atoms with Gasteiger partial charge in [-0.1, -0.05) is 12.1 Å². The summed E-state index contributed by atoms with van der Waals surface area (Å²) >= 11 is 0. The SMILES string of the molecule is COc1cccc(C(CCN(C)C)C(=O)O)c1. The second-order valence-corrected chi connectivity index (χ2v) is 4.26. The molecule has 1 N–H and O–H groups in total. The van der Waals surface area contributed by atoms with Crippen molar-refractivity contribution in [1.82, 2.24) is 4.90 Å². The average molecular weight is 237 g/mol. The van der Waals surface area contributed by atoms with E-state index in [9.17, 15) is 9.90 Å². The molecule has 0 aliphatic heterocycles. The molecule has 0 radical (unpaired) electrons. The van der Waals surface area contributed by atoms with Gasteiger partial charge < -0.3 is 14.7 Å². The maximum atomic E-state index is 11.3. The number of ether oxygens (including phenoxy) is 1. The Kier molecular flexibility index (Phi) is 4.97. The van der Waals surface area contributed by atoms with Crippen molar-refractivity contribution >= 4 is 5.97 Å². The molecule has 0 amide bonds. The van der Waals surface area contributed by atoms with Gasteiger partial charge in [0.25, 0.3) is 0 Å². The minimum Gasteiger partial charge on any atom is -0.497 e. The predicted octanol–water partition coefficient (Wildman–Crippen LogP) is 1.82. The van der Waals surface area contributed by atoms with Crippen LogP contribution in [0, 0.1) is 0 Å². The maximum absolute atomic E-state index is 11.3. The van der Waals surface area contributed by atoms with Crippen molar-refractivity contribution in [2.45, 2.75) is 12.3 Å². The molecule has 4 heteroatoms. The third kappa shape index (κ3) is 4.07. The molecule has 1 aromatic carbocycles. The lowest BCUT2D eigenvalue weighted by Crippen LogP contribution is -2.20. The molecule has 0 fully saturated rings. The van der Waals surface area contributed by atoms with Gasteiger partial charge in [0.1, 0.15) is 5.75 Å². The van der Waals surface area contributed by atoms with E-state index in [-0.39, 0.29) is 0 Å². The summed E-state index contributed by atoms with van der Waals surface area (Å²) in [6.07, 6.45) is 0.593. The van der Waals surface area contributed by atoms with Gasteiger partial charge in [-0.3, -0.25) is 4.79 Å². The number of hydrogen-bond acceptors (Lipinski definition) is 3. The number of rotatable bonds is 6. The van der Waals surface area contributed by atoms with Gasteiger partial charge in [-0.25, -0.2) is 0 Å². The van der Waals surface area contributed by atoms with Gasteiger partial charge in [0, 0.05) is 0 Å². The first kappa shape index (κ1) is 13.5. The van der Waals surface area contributed by atoms with E-state index in [1.165, 1.54) is 0 Å². The van der Waals surface area contributed by atoms with Crippen molar-refractivity contribution in [2.24, 2.45) is 0 Å². The zero-order valence-corrected chi connectivity index (χ0v) is 10.5. The minimum atomic E-state index is -0.792. The van der Waals surface area contributed by atoms with Crippen molar-refractivity contribution in [2.75, 3.05) is 27.7 Å². The van der Waals surface area contributed by atoms with Crippen LogP contribution in [0.4, 0.5) is 0 Å². The van der Waals surface area contributed by atoms with Gasteiger partial charge in [-0.05, 0) is 44.8 Å². The molecule has 17 heavy (non-hydrogen) atoms. The van der Waals surface area contributed by atoms with E-state index in [0.717, 1.165) is 12.1 Å². The first-order valence-corrected chi connectivity index (χ1v) is 5.56. The van der Waals surface area contributed by atoms with Crippen molar-refractivity contribution in [1.29, 1.82) is 0 Å².